The van der Waals surface area contributed by atoms with Crippen molar-refractivity contribution in [1.29, 1.82) is 0 Å². The molecule has 0 bridgehead atoms. The van der Waals surface area contributed by atoms with Crippen LogP contribution in [-0.2, 0) is 17.7 Å². The van der Waals surface area contributed by atoms with Gasteiger partial charge < -0.3 is 19.9 Å². The van der Waals surface area contributed by atoms with E-state index in [0.717, 1.165) is 50.8 Å². The number of nitrogens with zero attached hydrogens (tertiary/aromatic N) is 3. The maximum absolute atomic E-state index is 5.94. The van der Waals surface area contributed by atoms with Crippen molar-refractivity contribution in [3.63, 3.8) is 0 Å². The summed E-state index contributed by atoms with van der Waals surface area (Å²) in [5, 5.41) is 6.73. The van der Waals surface area contributed by atoms with Crippen molar-refractivity contribution in [3.8, 4) is 0 Å². The normalized spacial score (nSPS) is 12.1. The van der Waals surface area contributed by atoms with E-state index in [1.165, 1.54) is 11.1 Å². The van der Waals surface area contributed by atoms with E-state index in [1.54, 1.807) is 0 Å². The Morgan fingerprint density at radius 2 is 1.79 bits per heavy atom. The van der Waals surface area contributed by atoms with E-state index in [0.29, 0.717) is 6.61 Å². The molecule has 33 heavy (non-hydrogen) atoms. The van der Waals surface area contributed by atoms with E-state index >= 15 is 0 Å². The number of imidazole rings is 1. The molecule has 1 atom stereocenters. The van der Waals surface area contributed by atoms with Gasteiger partial charge in [-0.1, -0.05) is 60.7 Å². The molecule has 1 aromatic heterocycles. The molecule has 3 aromatic rings. The van der Waals surface area contributed by atoms with Gasteiger partial charge in [-0.2, -0.15) is 0 Å². The highest BCUT2D eigenvalue weighted by molar-refractivity contribution is 14.0. The summed E-state index contributed by atoms with van der Waals surface area (Å²) in [6.45, 7) is 8.02. The van der Waals surface area contributed by atoms with Crippen LogP contribution in [0, 0.1) is 0 Å². The van der Waals surface area contributed by atoms with Crippen LogP contribution in [0.2, 0.25) is 0 Å². The van der Waals surface area contributed by atoms with Gasteiger partial charge in [0.25, 0.3) is 0 Å². The molecule has 0 radical (unpaired) electrons. The molecule has 0 aliphatic carbocycles. The van der Waals surface area contributed by atoms with Gasteiger partial charge in [-0.05, 0) is 31.4 Å². The summed E-state index contributed by atoms with van der Waals surface area (Å²) in [5.41, 5.74) is 2.48. The SMILES string of the molecule is CCNC(=NCCCOC(C)c1ccccc1)NCCc1nccn1Cc1ccccc1.I. The van der Waals surface area contributed by atoms with E-state index in [9.17, 15) is 0 Å². The third-order valence-corrected chi connectivity index (χ3v) is 5.19. The second-order valence-corrected chi connectivity index (χ2v) is 7.67. The largest absolute Gasteiger partial charge is 0.374 e. The Morgan fingerprint density at radius 3 is 2.52 bits per heavy atom. The first-order valence-corrected chi connectivity index (χ1v) is 11.5. The van der Waals surface area contributed by atoms with Crippen LogP contribution < -0.4 is 10.6 Å². The molecule has 1 heterocycles. The zero-order valence-corrected chi connectivity index (χ0v) is 21.9. The van der Waals surface area contributed by atoms with Gasteiger partial charge in [-0.3, -0.25) is 4.99 Å². The highest BCUT2D eigenvalue weighted by Crippen LogP contribution is 2.15. The fourth-order valence-electron chi connectivity index (χ4n) is 3.46. The van der Waals surface area contributed by atoms with E-state index in [1.807, 2.05) is 36.7 Å². The second kappa shape index (κ2) is 15.4. The molecule has 178 valence electrons. The fourth-order valence-corrected chi connectivity index (χ4v) is 3.46. The van der Waals surface area contributed by atoms with Crippen LogP contribution in [-0.4, -0.2) is 41.8 Å². The number of benzene rings is 2. The van der Waals surface area contributed by atoms with Crippen LogP contribution in [0.3, 0.4) is 0 Å². The maximum atomic E-state index is 5.94. The summed E-state index contributed by atoms with van der Waals surface area (Å²) >= 11 is 0. The van der Waals surface area contributed by atoms with Crippen LogP contribution in [0.1, 0.15) is 43.3 Å². The van der Waals surface area contributed by atoms with Gasteiger partial charge in [0.05, 0.1) is 6.10 Å². The molecule has 6 nitrogen and oxygen atoms in total. The Morgan fingerprint density at radius 1 is 1.06 bits per heavy atom. The van der Waals surface area contributed by atoms with Crippen molar-refractivity contribution in [2.75, 3.05) is 26.2 Å². The van der Waals surface area contributed by atoms with Gasteiger partial charge in [0, 0.05) is 51.6 Å². The molecule has 2 N–H and O–H groups in total. The number of rotatable bonds is 12. The van der Waals surface area contributed by atoms with Crippen molar-refractivity contribution in [2.45, 2.75) is 39.3 Å². The average molecular weight is 562 g/mol. The molecule has 0 amide bonds. The third-order valence-electron chi connectivity index (χ3n) is 5.19. The predicted octanol–water partition coefficient (Wildman–Crippen LogP) is 4.81. The average Bonchev–Trinajstić information content (AvgIpc) is 3.26. The zero-order chi connectivity index (χ0) is 22.4. The third kappa shape index (κ3) is 9.55. The molecule has 0 aliphatic heterocycles. The van der Waals surface area contributed by atoms with Gasteiger partial charge >= 0.3 is 0 Å². The number of aromatic nitrogens is 2. The van der Waals surface area contributed by atoms with Crippen molar-refractivity contribution >= 4 is 29.9 Å². The quantitative estimate of drug-likeness (QED) is 0.144. The van der Waals surface area contributed by atoms with Crippen LogP contribution in [0.5, 0.6) is 0 Å². The van der Waals surface area contributed by atoms with Gasteiger partial charge in [0.1, 0.15) is 5.82 Å². The molecule has 0 aliphatic rings. The number of ether oxygens (including phenoxy) is 1. The van der Waals surface area contributed by atoms with Crippen LogP contribution >= 0.6 is 24.0 Å². The minimum atomic E-state index is 0. The summed E-state index contributed by atoms with van der Waals surface area (Å²) in [5.74, 6) is 1.91. The van der Waals surface area contributed by atoms with E-state index in [2.05, 4.69) is 75.4 Å². The minimum Gasteiger partial charge on any atom is -0.374 e. The van der Waals surface area contributed by atoms with Crippen molar-refractivity contribution in [3.05, 3.63) is 90.0 Å². The zero-order valence-electron chi connectivity index (χ0n) is 19.6. The van der Waals surface area contributed by atoms with Gasteiger partial charge in [0.2, 0.25) is 0 Å². The lowest BCUT2D eigenvalue weighted by atomic mass is 10.1. The molecular formula is C26H36IN5O. The standard InChI is InChI=1S/C26H35N5O.HI/c1-3-27-26(29-16-10-20-32-22(2)24-13-8-5-9-14-24)30-17-15-25-28-18-19-31(25)21-23-11-6-4-7-12-23;/h4-9,11-14,18-19,22H,3,10,15-17,20-21H2,1-2H3,(H2,27,29,30);1H. The van der Waals surface area contributed by atoms with Crippen LogP contribution in [0.25, 0.3) is 0 Å². The van der Waals surface area contributed by atoms with Gasteiger partial charge in [0.15, 0.2) is 5.96 Å². The lowest BCUT2D eigenvalue weighted by Crippen LogP contribution is -2.38. The molecule has 0 fully saturated rings. The topological polar surface area (TPSA) is 63.5 Å². The highest BCUT2D eigenvalue weighted by Gasteiger charge is 2.06. The number of hydrogen-bond acceptors (Lipinski definition) is 3. The Labute approximate surface area is 214 Å². The Hall–Kier alpha value is -2.39. The smallest absolute Gasteiger partial charge is 0.191 e. The van der Waals surface area contributed by atoms with Gasteiger partial charge in [-0.25, -0.2) is 4.98 Å². The Kier molecular flexibility index (Phi) is 12.6. The number of nitrogens with one attached hydrogen (secondary N) is 2. The molecular weight excluding hydrogens is 525 g/mol. The van der Waals surface area contributed by atoms with Crippen molar-refractivity contribution < 1.29 is 4.74 Å². The number of aliphatic imine (C=N–C) groups is 1. The molecule has 1 unspecified atom stereocenters. The first-order chi connectivity index (χ1) is 15.8. The first kappa shape index (κ1) is 26.9. The lowest BCUT2D eigenvalue weighted by molar-refractivity contribution is 0.0652. The molecule has 0 saturated carbocycles. The molecule has 2 aromatic carbocycles. The monoisotopic (exact) mass is 561 g/mol. The van der Waals surface area contributed by atoms with Crippen molar-refractivity contribution in [1.82, 2.24) is 20.2 Å². The molecule has 7 heteroatoms. The lowest BCUT2D eigenvalue weighted by Gasteiger charge is -2.14. The summed E-state index contributed by atoms with van der Waals surface area (Å²) in [6, 6.07) is 20.8. The molecule has 0 spiro atoms. The second-order valence-electron chi connectivity index (χ2n) is 7.67. The number of guanidine groups is 1. The summed E-state index contributed by atoms with van der Waals surface area (Å²) in [4.78, 5) is 9.21. The van der Waals surface area contributed by atoms with E-state index < -0.39 is 0 Å². The van der Waals surface area contributed by atoms with E-state index in [-0.39, 0.29) is 30.1 Å². The van der Waals surface area contributed by atoms with Crippen molar-refractivity contribution in [2.24, 2.45) is 4.99 Å². The van der Waals surface area contributed by atoms with Crippen LogP contribution in [0.4, 0.5) is 0 Å². The van der Waals surface area contributed by atoms with Crippen LogP contribution in [0.15, 0.2) is 78.0 Å². The first-order valence-electron chi connectivity index (χ1n) is 11.5. The van der Waals surface area contributed by atoms with E-state index in [4.69, 9.17) is 4.74 Å². The maximum Gasteiger partial charge on any atom is 0.191 e. The Bertz CT molecular complexity index is 930. The minimum absolute atomic E-state index is 0. The fraction of sp³-hybridized carbons (Fsp3) is 0.385. The predicted molar refractivity (Wildman–Crippen MR) is 146 cm³/mol. The Balaban J connectivity index is 0.00000385. The number of halogens is 1. The summed E-state index contributed by atoms with van der Waals surface area (Å²) in [7, 11) is 0. The van der Waals surface area contributed by atoms with Gasteiger partial charge in [-0.15, -0.1) is 24.0 Å². The highest BCUT2D eigenvalue weighted by atomic mass is 127. The molecule has 3 rings (SSSR count). The summed E-state index contributed by atoms with van der Waals surface area (Å²) in [6.07, 6.45) is 5.73. The number of hydrogen-bond donors (Lipinski definition) is 2. The molecule has 0 saturated heterocycles. The summed E-state index contributed by atoms with van der Waals surface area (Å²) < 4.78 is 8.14.